The van der Waals surface area contributed by atoms with Gasteiger partial charge in [-0.3, -0.25) is 14.5 Å². The van der Waals surface area contributed by atoms with Crippen LogP contribution in [-0.2, 0) is 9.59 Å². The molecule has 0 bridgehead atoms. The molecule has 2 amide bonds. The predicted molar refractivity (Wildman–Crippen MR) is 65.4 cm³/mol. The zero-order chi connectivity index (χ0) is 12.6. The Kier molecular flexibility index (Phi) is 3.25. The van der Waals surface area contributed by atoms with E-state index < -0.39 is 0 Å². The van der Waals surface area contributed by atoms with E-state index in [-0.39, 0.29) is 23.3 Å². The number of likely N-dealkylation sites (tertiary alicyclic amines) is 1. The predicted octanol–water partition coefficient (Wildman–Crippen LogP) is 1.30. The highest BCUT2D eigenvalue weighted by atomic mass is 16.2. The van der Waals surface area contributed by atoms with Crippen LogP contribution in [0.1, 0.15) is 46.5 Å². The molecule has 2 fully saturated rings. The van der Waals surface area contributed by atoms with Crippen LogP contribution in [0.25, 0.3) is 0 Å². The highest BCUT2D eigenvalue weighted by Gasteiger charge is 2.41. The van der Waals surface area contributed by atoms with Crippen molar-refractivity contribution in [3.8, 4) is 0 Å². The molecule has 4 nitrogen and oxygen atoms in total. The lowest BCUT2D eigenvalue weighted by Gasteiger charge is -2.41. The minimum Gasteiger partial charge on any atom is -0.314 e. The zero-order valence-corrected chi connectivity index (χ0v) is 11.0. The summed E-state index contributed by atoms with van der Waals surface area (Å²) in [6.07, 6.45) is 2.77. The largest absolute Gasteiger partial charge is 0.314 e. The first-order valence-corrected chi connectivity index (χ1v) is 6.47. The monoisotopic (exact) mass is 238 g/mol. The van der Waals surface area contributed by atoms with Crippen LogP contribution in [0, 0.1) is 5.41 Å². The average Bonchev–Trinajstić information content (AvgIpc) is 2.13. The summed E-state index contributed by atoms with van der Waals surface area (Å²) in [6.45, 7) is 6.98. The van der Waals surface area contributed by atoms with Gasteiger partial charge in [0.15, 0.2) is 0 Å². The smallest absolute Gasteiger partial charge is 0.229 e. The van der Waals surface area contributed by atoms with Gasteiger partial charge in [-0.05, 0) is 31.7 Å². The number of hydrogen-bond acceptors (Lipinski definition) is 3. The van der Waals surface area contributed by atoms with Gasteiger partial charge < -0.3 is 5.32 Å². The summed E-state index contributed by atoms with van der Waals surface area (Å²) >= 11 is 0. The average molecular weight is 238 g/mol. The van der Waals surface area contributed by atoms with Gasteiger partial charge in [0.2, 0.25) is 11.8 Å². The summed E-state index contributed by atoms with van der Waals surface area (Å²) in [5.74, 6) is 0.0377. The number of amides is 2. The van der Waals surface area contributed by atoms with Gasteiger partial charge >= 0.3 is 0 Å². The second kappa shape index (κ2) is 4.41. The van der Waals surface area contributed by atoms with Crippen molar-refractivity contribution in [1.82, 2.24) is 10.2 Å². The quantitative estimate of drug-likeness (QED) is 0.701. The molecule has 4 heteroatoms. The second-order valence-corrected chi connectivity index (χ2v) is 6.21. The maximum atomic E-state index is 12.1. The van der Waals surface area contributed by atoms with Crippen LogP contribution in [0.4, 0.5) is 0 Å². The van der Waals surface area contributed by atoms with Crippen molar-refractivity contribution in [3.05, 3.63) is 0 Å². The molecule has 2 heterocycles. The molecule has 2 aliphatic rings. The van der Waals surface area contributed by atoms with Gasteiger partial charge in [-0.2, -0.15) is 0 Å². The molecule has 2 rings (SSSR count). The van der Waals surface area contributed by atoms with E-state index in [1.807, 2.05) is 13.8 Å². The number of nitrogens with one attached hydrogen (secondary N) is 1. The third-order valence-corrected chi connectivity index (χ3v) is 3.76. The number of piperidine rings is 2. The molecule has 2 aliphatic heterocycles. The van der Waals surface area contributed by atoms with E-state index in [1.165, 1.54) is 0 Å². The third kappa shape index (κ3) is 2.68. The standard InChI is InChI=1S/C13H22N2O2/c1-9-6-10(4-5-14-9)15-11(16)7-13(2,3)8-12(15)17/h9-10,14H,4-8H2,1-3H3. The Hall–Kier alpha value is -0.900. The van der Waals surface area contributed by atoms with E-state index in [9.17, 15) is 9.59 Å². The summed E-state index contributed by atoms with van der Waals surface area (Å²) in [5, 5.41) is 3.35. The van der Waals surface area contributed by atoms with Crippen LogP contribution in [0.5, 0.6) is 0 Å². The second-order valence-electron chi connectivity index (χ2n) is 6.21. The topological polar surface area (TPSA) is 49.4 Å². The van der Waals surface area contributed by atoms with Crippen molar-refractivity contribution in [1.29, 1.82) is 0 Å². The number of rotatable bonds is 1. The molecule has 0 aromatic heterocycles. The highest BCUT2D eigenvalue weighted by Crippen LogP contribution is 2.33. The molecule has 2 atom stereocenters. The summed E-state index contributed by atoms with van der Waals surface area (Å²) in [7, 11) is 0. The normalized spacial score (nSPS) is 33.9. The number of carbonyl (C=O) groups excluding carboxylic acids is 2. The van der Waals surface area contributed by atoms with Crippen molar-refractivity contribution in [2.45, 2.75) is 58.5 Å². The van der Waals surface area contributed by atoms with Gasteiger partial charge in [0.1, 0.15) is 0 Å². The van der Waals surface area contributed by atoms with E-state index >= 15 is 0 Å². The van der Waals surface area contributed by atoms with Crippen molar-refractivity contribution >= 4 is 11.8 Å². The van der Waals surface area contributed by atoms with Gasteiger partial charge in [0.05, 0.1) is 0 Å². The Balaban J connectivity index is 2.10. The first kappa shape index (κ1) is 12.6. The Morgan fingerprint density at radius 3 is 2.35 bits per heavy atom. The third-order valence-electron chi connectivity index (χ3n) is 3.76. The minimum atomic E-state index is -0.163. The van der Waals surface area contributed by atoms with Gasteiger partial charge in [0.25, 0.3) is 0 Å². The summed E-state index contributed by atoms with van der Waals surface area (Å²) in [6, 6.07) is 0.506. The van der Waals surface area contributed by atoms with Crippen LogP contribution < -0.4 is 5.32 Å². The van der Waals surface area contributed by atoms with E-state index in [2.05, 4.69) is 12.2 Å². The Morgan fingerprint density at radius 1 is 1.24 bits per heavy atom. The van der Waals surface area contributed by atoms with Crippen LogP contribution in [0.3, 0.4) is 0 Å². The van der Waals surface area contributed by atoms with Gasteiger partial charge in [-0.25, -0.2) is 0 Å². The Bertz CT molecular complexity index is 318. The van der Waals surface area contributed by atoms with Crippen LogP contribution in [-0.4, -0.2) is 35.3 Å². The first-order chi connectivity index (χ1) is 7.89. The van der Waals surface area contributed by atoms with Crippen molar-refractivity contribution in [3.63, 3.8) is 0 Å². The summed E-state index contributed by atoms with van der Waals surface area (Å²) in [5.41, 5.74) is -0.163. The summed E-state index contributed by atoms with van der Waals surface area (Å²) in [4.78, 5) is 25.8. The van der Waals surface area contributed by atoms with Crippen LogP contribution in [0.2, 0.25) is 0 Å². The van der Waals surface area contributed by atoms with Crippen molar-refractivity contribution in [2.75, 3.05) is 6.54 Å². The molecule has 0 spiro atoms. The molecule has 17 heavy (non-hydrogen) atoms. The van der Waals surface area contributed by atoms with E-state index in [0.29, 0.717) is 18.9 Å². The SMILES string of the molecule is CC1CC(N2C(=O)CC(C)(C)CC2=O)CCN1. The molecule has 2 saturated heterocycles. The molecule has 0 aromatic rings. The fourth-order valence-electron chi connectivity index (χ4n) is 2.94. The van der Waals surface area contributed by atoms with Crippen molar-refractivity contribution in [2.24, 2.45) is 5.41 Å². The molecule has 96 valence electrons. The fraction of sp³-hybridized carbons (Fsp3) is 0.846. The molecule has 2 unspecified atom stereocenters. The molecular formula is C13H22N2O2. The lowest BCUT2D eigenvalue weighted by molar-refractivity contribution is -0.156. The fourth-order valence-corrected chi connectivity index (χ4v) is 2.94. The van der Waals surface area contributed by atoms with Crippen molar-refractivity contribution < 1.29 is 9.59 Å². The number of nitrogens with zero attached hydrogens (tertiary/aromatic N) is 1. The summed E-state index contributed by atoms with van der Waals surface area (Å²) < 4.78 is 0. The van der Waals surface area contributed by atoms with E-state index in [0.717, 1.165) is 19.4 Å². The first-order valence-electron chi connectivity index (χ1n) is 6.47. The maximum Gasteiger partial charge on any atom is 0.229 e. The lowest BCUT2D eigenvalue weighted by atomic mass is 9.80. The Morgan fingerprint density at radius 2 is 1.82 bits per heavy atom. The maximum absolute atomic E-state index is 12.1. The number of imide groups is 1. The zero-order valence-electron chi connectivity index (χ0n) is 11.0. The Labute approximate surface area is 103 Å². The van der Waals surface area contributed by atoms with E-state index in [1.54, 1.807) is 4.90 Å². The molecular weight excluding hydrogens is 216 g/mol. The molecule has 0 saturated carbocycles. The van der Waals surface area contributed by atoms with E-state index in [4.69, 9.17) is 0 Å². The molecule has 0 aromatic carbocycles. The molecule has 0 aliphatic carbocycles. The lowest BCUT2D eigenvalue weighted by Crippen LogP contribution is -2.55. The molecule has 1 N–H and O–H groups in total. The molecule has 0 radical (unpaired) electrons. The van der Waals surface area contributed by atoms with Gasteiger partial charge in [-0.1, -0.05) is 13.8 Å². The van der Waals surface area contributed by atoms with Crippen LogP contribution >= 0.6 is 0 Å². The van der Waals surface area contributed by atoms with Gasteiger partial charge in [0, 0.05) is 24.9 Å². The number of hydrogen-bond donors (Lipinski definition) is 1. The van der Waals surface area contributed by atoms with Gasteiger partial charge in [-0.15, -0.1) is 0 Å². The van der Waals surface area contributed by atoms with Crippen LogP contribution in [0.15, 0.2) is 0 Å². The number of carbonyl (C=O) groups is 2. The minimum absolute atomic E-state index is 0.0188. The highest BCUT2D eigenvalue weighted by molar-refractivity contribution is 5.98.